The van der Waals surface area contributed by atoms with Crippen LogP contribution < -0.4 is 15.2 Å². The van der Waals surface area contributed by atoms with E-state index in [0.29, 0.717) is 35.8 Å². The monoisotopic (exact) mass is 253 g/mol. The number of rotatable bonds is 4. The Balaban J connectivity index is 2.52. The highest BCUT2D eigenvalue weighted by Crippen LogP contribution is 2.39. The normalized spacial score (nSPS) is 15.2. The summed E-state index contributed by atoms with van der Waals surface area (Å²) in [5, 5.41) is 9.07. The summed E-state index contributed by atoms with van der Waals surface area (Å²) in [5.41, 5.74) is 6.81. The van der Waals surface area contributed by atoms with Crippen molar-refractivity contribution in [3.8, 4) is 11.5 Å². The predicted octanol–water partition coefficient (Wildman–Crippen LogP) is 0.689. The van der Waals surface area contributed by atoms with Crippen molar-refractivity contribution in [1.29, 1.82) is 0 Å². The second-order valence-corrected chi connectivity index (χ2v) is 3.91. The molecular formula is C12H15NO5. The van der Waals surface area contributed by atoms with Crippen LogP contribution in [0.4, 0.5) is 0 Å². The van der Waals surface area contributed by atoms with Gasteiger partial charge in [-0.1, -0.05) is 6.07 Å². The standard InChI is InChI=1S/C12H15NO5/c1-16-6-7-2-3-8-11(18-5-4-17-8)9(7)10(13)12(14)15/h2-3,10H,4-6,13H2,1H3,(H,14,15). The summed E-state index contributed by atoms with van der Waals surface area (Å²) >= 11 is 0. The van der Waals surface area contributed by atoms with E-state index in [9.17, 15) is 4.79 Å². The first kappa shape index (κ1) is 12.7. The fraction of sp³-hybridized carbons (Fsp3) is 0.417. The van der Waals surface area contributed by atoms with Crippen LogP contribution in [-0.4, -0.2) is 31.4 Å². The molecule has 1 atom stereocenters. The lowest BCUT2D eigenvalue weighted by Gasteiger charge is -2.24. The van der Waals surface area contributed by atoms with Crippen molar-refractivity contribution in [2.75, 3.05) is 20.3 Å². The maximum atomic E-state index is 11.1. The molecule has 0 amide bonds. The van der Waals surface area contributed by atoms with E-state index >= 15 is 0 Å². The molecule has 2 rings (SSSR count). The predicted molar refractivity (Wildman–Crippen MR) is 62.7 cm³/mol. The zero-order chi connectivity index (χ0) is 13.1. The largest absolute Gasteiger partial charge is 0.486 e. The Hall–Kier alpha value is -1.79. The Morgan fingerprint density at radius 2 is 2.22 bits per heavy atom. The van der Waals surface area contributed by atoms with Gasteiger partial charge in [-0.2, -0.15) is 0 Å². The molecule has 18 heavy (non-hydrogen) atoms. The van der Waals surface area contributed by atoms with E-state index in [1.165, 1.54) is 7.11 Å². The number of methoxy groups -OCH3 is 1. The van der Waals surface area contributed by atoms with Crippen LogP contribution in [0.2, 0.25) is 0 Å². The van der Waals surface area contributed by atoms with Crippen LogP contribution in [0.1, 0.15) is 17.2 Å². The van der Waals surface area contributed by atoms with Crippen molar-refractivity contribution >= 4 is 5.97 Å². The Labute approximate surface area is 104 Å². The maximum Gasteiger partial charge on any atom is 0.325 e. The SMILES string of the molecule is COCc1ccc2c(c1C(N)C(=O)O)OCCO2. The second kappa shape index (κ2) is 5.24. The Kier molecular flexibility index (Phi) is 3.69. The first-order chi connectivity index (χ1) is 8.65. The summed E-state index contributed by atoms with van der Waals surface area (Å²) in [5.74, 6) is -0.187. The number of benzene rings is 1. The van der Waals surface area contributed by atoms with Gasteiger partial charge in [-0.25, -0.2) is 0 Å². The summed E-state index contributed by atoms with van der Waals surface area (Å²) in [6.07, 6.45) is 0. The van der Waals surface area contributed by atoms with E-state index in [1.807, 2.05) is 0 Å². The molecule has 0 aromatic heterocycles. The number of fused-ring (bicyclic) bond motifs is 1. The summed E-state index contributed by atoms with van der Waals surface area (Å²) < 4.78 is 15.9. The molecule has 6 heteroatoms. The molecule has 0 fully saturated rings. The van der Waals surface area contributed by atoms with Gasteiger partial charge in [-0.3, -0.25) is 4.79 Å². The summed E-state index contributed by atoms with van der Waals surface area (Å²) in [7, 11) is 1.53. The van der Waals surface area contributed by atoms with Gasteiger partial charge in [0.2, 0.25) is 0 Å². The zero-order valence-electron chi connectivity index (χ0n) is 10.0. The third-order valence-electron chi connectivity index (χ3n) is 2.71. The fourth-order valence-electron chi connectivity index (χ4n) is 1.92. The molecule has 1 unspecified atom stereocenters. The highest BCUT2D eigenvalue weighted by molar-refractivity contribution is 5.78. The number of carbonyl (C=O) groups is 1. The number of carboxylic acids is 1. The number of nitrogens with two attached hydrogens (primary N) is 1. The van der Waals surface area contributed by atoms with Gasteiger partial charge < -0.3 is 25.1 Å². The zero-order valence-corrected chi connectivity index (χ0v) is 10.0. The minimum atomic E-state index is -1.16. The van der Waals surface area contributed by atoms with Crippen molar-refractivity contribution in [3.63, 3.8) is 0 Å². The molecule has 0 aliphatic carbocycles. The maximum absolute atomic E-state index is 11.1. The molecule has 0 spiro atoms. The van der Waals surface area contributed by atoms with E-state index in [4.69, 9.17) is 25.1 Å². The molecule has 0 saturated carbocycles. The number of aliphatic carboxylic acids is 1. The number of hydrogen-bond donors (Lipinski definition) is 2. The fourth-order valence-corrected chi connectivity index (χ4v) is 1.92. The number of hydrogen-bond acceptors (Lipinski definition) is 5. The van der Waals surface area contributed by atoms with Crippen LogP contribution in [0.15, 0.2) is 12.1 Å². The molecule has 0 radical (unpaired) electrons. The highest BCUT2D eigenvalue weighted by Gasteiger charge is 2.27. The Morgan fingerprint density at radius 1 is 1.50 bits per heavy atom. The molecule has 0 bridgehead atoms. The van der Waals surface area contributed by atoms with Crippen LogP contribution in [0.5, 0.6) is 11.5 Å². The average Bonchev–Trinajstić information content (AvgIpc) is 2.38. The lowest BCUT2D eigenvalue weighted by atomic mass is 9.99. The van der Waals surface area contributed by atoms with Crippen molar-refractivity contribution < 1.29 is 24.1 Å². The van der Waals surface area contributed by atoms with Crippen LogP contribution in [0.3, 0.4) is 0 Å². The molecule has 1 aliphatic heterocycles. The highest BCUT2D eigenvalue weighted by atomic mass is 16.6. The van der Waals surface area contributed by atoms with Gasteiger partial charge in [0.1, 0.15) is 19.3 Å². The minimum Gasteiger partial charge on any atom is -0.486 e. The van der Waals surface area contributed by atoms with Gasteiger partial charge in [0.25, 0.3) is 0 Å². The Morgan fingerprint density at radius 3 is 2.89 bits per heavy atom. The quantitative estimate of drug-likeness (QED) is 0.820. The lowest BCUT2D eigenvalue weighted by Crippen LogP contribution is -2.25. The summed E-state index contributed by atoms with van der Waals surface area (Å²) in [4.78, 5) is 11.1. The van der Waals surface area contributed by atoms with Crippen molar-refractivity contribution in [2.45, 2.75) is 12.6 Å². The molecule has 1 aromatic carbocycles. The smallest absolute Gasteiger partial charge is 0.325 e. The average molecular weight is 253 g/mol. The third kappa shape index (κ3) is 2.25. The van der Waals surface area contributed by atoms with Crippen LogP contribution in [0, 0.1) is 0 Å². The molecule has 1 aliphatic rings. The summed E-state index contributed by atoms with van der Waals surface area (Å²) in [6, 6.07) is 2.32. The molecule has 3 N–H and O–H groups in total. The van der Waals surface area contributed by atoms with Crippen LogP contribution in [-0.2, 0) is 16.1 Å². The van der Waals surface area contributed by atoms with Gasteiger partial charge in [-0.05, 0) is 11.6 Å². The van der Waals surface area contributed by atoms with Crippen molar-refractivity contribution in [1.82, 2.24) is 0 Å². The Bertz CT molecular complexity index is 460. The van der Waals surface area contributed by atoms with Gasteiger partial charge in [-0.15, -0.1) is 0 Å². The second-order valence-electron chi connectivity index (χ2n) is 3.91. The van der Waals surface area contributed by atoms with E-state index in [2.05, 4.69) is 0 Å². The molecule has 6 nitrogen and oxygen atoms in total. The van der Waals surface area contributed by atoms with Crippen LogP contribution in [0.25, 0.3) is 0 Å². The van der Waals surface area contributed by atoms with Gasteiger partial charge in [0, 0.05) is 12.7 Å². The first-order valence-corrected chi connectivity index (χ1v) is 5.54. The van der Waals surface area contributed by atoms with Crippen molar-refractivity contribution in [3.05, 3.63) is 23.3 Å². The van der Waals surface area contributed by atoms with E-state index in [0.717, 1.165) is 0 Å². The van der Waals surface area contributed by atoms with E-state index < -0.39 is 12.0 Å². The first-order valence-electron chi connectivity index (χ1n) is 5.54. The van der Waals surface area contributed by atoms with E-state index in [1.54, 1.807) is 12.1 Å². The van der Waals surface area contributed by atoms with Gasteiger partial charge >= 0.3 is 5.97 Å². The summed E-state index contributed by atoms with van der Waals surface area (Å²) in [6.45, 7) is 1.09. The van der Waals surface area contributed by atoms with Crippen molar-refractivity contribution in [2.24, 2.45) is 5.73 Å². The minimum absolute atomic E-state index is 0.271. The molecule has 0 saturated heterocycles. The van der Waals surface area contributed by atoms with E-state index in [-0.39, 0.29) is 6.61 Å². The molecule has 98 valence electrons. The van der Waals surface area contributed by atoms with Crippen LogP contribution >= 0.6 is 0 Å². The van der Waals surface area contributed by atoms with Gasteiger partial charge in [0.05, 0.1) is 6.61 Å². The molecule has 1 aromatic rings. The third-order valence-corrected chi connectivity index (χ3v) is 2.71. The topological polar surface area (TPSA) is 91.0 Å². The number of carboxylic acid groups (broad SMARTS) is 1. The number of ether oxygens (including phenoxy) is 3. The molecule has 1 heterocycles. The lowest BCUT2D eigenvalue weighted by molar-refractivity contribution is -0.138. The van der Waals surface area contributed by atoms with Gasteiger partial charge in [0.15, 0.2) is 11.5 Å². The molecular weight excluding hydrogens is 238 g/mol.